The van der Waals surface area contributed by atoms with Crippen LogP contribution in [0.3, 0.4) is 0 Å². The first-order valence-corrected chi connectivity index (χ1v) is 10.7. The van der Waals surface area contributed by atoms with E-state index in [4.69, 9.17) is 0 Å². The minimum atomic E-state index is -4.01. The first kappa shape index (κ1) is 27.6. The summed E-state index contributed by atoms with van der Waals surface area (Å²) in [6.45, 7) is 5.43. The molecule has 0 aliphatic rings. The van der Waals surface area contributed by atoms with E-state index in [1.807, 2.05) is 49.1 Å². The number of nitrogens with one attached hydrogen (secondary N) is 1. The highest BCUT2D eigenvalue weighted by Gasteiger charge is 2.06. The molecule has 0 fully saturated rings. The van der Waals surface area contributed by atoms with Gasteiger partial charge in [-0.3, -0.25) is 0 Å². The average Bonchev–Trinajstić information content (AvgIpc) is 2.26. The highest BCUT2D eigenvalue weighted by atomic mass is 32.2. The molecule has 0 aliphatic carbocycles. The fourth-order valence-electron chi connectivity index (χ4n) is 1.32. The van der Waals surface area contributed by atoms with Gasteiger partial charge in [0.15, 0.2) is 0 Å². The van der Waals surface area contributed by atoms with Crippen molar-refractivity contribution in [3.63, 3.8) is 0 Å². The van der Waals surface area contributed by atoms with Gasteiger partial charge in [0.2, 0.25) is 0 Å². The number of nitrogens with zero attached hydrogens (tertiary/aromatic N) is 1. The fourth-order valence-corrected chi connectivity index (χ4v) is 2.30. The molecule has 0 saturated carbocycles. The van der Waals surface area contributed by atoms with Gasteiger partial charge in [0.05, 0.1) is 68.6 Å². The quantitative estimate of drug-likeness (QED) is 0.415. The predicted molar refractivity (Wildman–Crippen MR) is 90.3 cm³/mol. The van der Waals surface area contributed by atoms with Gasteiger partial charge < -0.3 is 18.5 Å². The van der Waals surface area contributed by atoms with Crippen molar-refractivity contribution in [2.45, 2.75) is 26.7 Å². The highest BCUT2D eigenvalue weighted by Crippen LogP contribution is 1.95. The van der Waals surface area contributed by atoms with Crippen LogP contribution >= 0.6 is 0 Å². The molecular weight excluding hydrogens is 344 g/mol. The van der Waals surface area contributed by atoms with Crippen molar-refractivity contribution in [2.75, 3.05) is 59.8 Å². The molecule has 1 N–H and O–H groups in total. The second-order valence-corrected chi connectivity index (χ2v) is 9.25. The molecule has 0 aromatic carbocycles. The molecule has 23 heavy (non-hydrogen) atoms. The van der Waals surface area contributed by atoms with Gasteiger partial charge in [-0.15, -0.1) is 0 Å². The zero-order valence-electron chi connectivity index (χ0n) is 15.5. The third-order valence-corrected chi connectivity index (χ3v) is 3.87. The van der Waals surface area contributed by atoms with Gasteiger partial charge >= 0.3 is 0 Å². The van der Waals surface area contributed by atoms with Crippen LogP contribution in [0.2, 0.25) is 0 Å². The molecule has 0 rings (SSSR count). The van der Waals surface area contributed by atoms with Crippen LogP contribution in [-0.2, 0) is 20.2 Å². The van der Waals surface area contributed by atoms with Crippen molar-refractivity contribution in [1.29, 1.82) is 0 Å². The highest BCUT2D eigenvalue weighted by molar-refractivity contribution is 7.85. The van der Waals surface area contributed by atoms with Gasteiger partial charge in [0, 0.05) is 24.3 Å². The van der Waals surface area contributed by atoms with Crippen molar-refractivity contribution in [2.24, 2.45) is 0 Å². The Hall–Kier alpha value is -0.260. The number of rotatable bonds is 8. The maximum atomic E-state index is 10.2. The summed E-state index contributed by atoms with van der Waals surface area (Å²) >= 11 is 0. The Morgan fingerprint density at radius 3 is 1.43 bits per heavy atom. The van der Waals surface area contributed by atoms with Gasteiger partial charge in [-0.2, -0.15) is 0 Å². The van der Waals surface area contributed by atoms with Crippen LogP contribution in [0.15, 0.2) is 0 Å². The Labute approximate surface area is 142 Å². The molecule has 10 heteroatoms. The van der Waals surface area contributed by atoms with Crippen LogP contribution in [0.25, 0.3) is 0 Å². The first-order chi connectivity index (χ1) is 10.1. The monoisotopic (exact) mass is 378 g/mol. The van der Waals surface area contributed by atoms with Crippen LogP contribution in [0.1, 0.15) is 26.7 Å². The Morgan fingerprint density at radius 1 is 0.826 bits per heavy atom. The molecule has 0 aliphatic heterocycles. The number of hydrogen-bond donors (Lipinski definition) is 1. The second-order valence-electron chi connectivity index (χ2n) is 6.20. The smallest absolute Gasteiger partial charge is 0.0948 e. The van der Waals surface area contributed by atoms with Gasteiger partial charge in [-0.05, 0) is 0 Å². The molecule has 8 nitrogen and oxygen atoms in total. The lowest BCUT2D eigenvalue weighted by molar-refractivity contribution is -0.870. The van der Waals surface area contributed by atoms with Crippen LogP contribution in [0, 0.1) is 0 Å². The molecule has 144 valence electrons. The van der Waals surface area contributed by atoms with Crippen molar-refractivity contribution in [1.82, 2.24) is 0 Å². The van der Waals surface area contributed by atoms with E-state index in [0.29, 0.717) is 23.9 Å². The molecule has 0 heterocycles. The van der Waals surface area contributed by atoms with E-state index in [2.05, 4.69) is 0 Å². The molecule has 0 atom stereocenters. The molecule has 0 amide bonds. The minimum absolute atomic E-state index is 0.238. The third kappa shape index (κ3) is 39.0. The summed E-state index contributed by atoms with van der Waals surface area (Å²) in [5.41, 5.74) is 0. The SMILES string of the molecule is CC.C[N+](C)(C)CCCS(=O)(=O)[O-].C[NH+](C)CCCS(=O)(=O)[O-]. The van der Waals surface area contributed by atoms with Crippen LogP contribution in [-0.4, -0.2) is 90.3 Å². The molecule has 0 unspecified atom stereocenters. The molecular formula is C13H34N2O6S2. The predicted octanol–water partition coefficient (Wildman–Crippen LogP) is -1.28. The van der Waals surface area contributed by atoms with Crippen molar-refractivity contribution < 1.29 is 35.3 Å². The Morgan fingerprint density at radius 2 is 1.17 bits per heavy atom. The van der Waals surface area contributed by atoms with Crippen molar-refractivity contribution >= 4 is 20.2 Å². The maximum absolute atomic E-state index is 10.2. The largest absolute Gasteiger partial charge is 0.748 e. The van der Waals surface area contributed by atoms with Crippen LogP contribution in [0.4, 0.5) is 0 Å². The van der Waals surface area contributed by atoms with E-state index in [1.54, 1.807) is 0 Å². The topological polar surface area (TPSA) is 119 Å². The average molecular weight is 379 g/mol. The zero-order valence-corrected chi connectivity index (χ0v) is 17.1. The van der Waals surface area contributed by atoms with E-state index < -0.39 is 20.2 Å². The van der Waals surface area contributed by atoms with Gasteiger partial charge in [-0.25, -0.2) is 16.8 Å². The van der Waals surface area contributed by atoms with E-state index in [0.717, 1.165) is 11.4 Å². The van der Waals surface area contributed by atoms with Crippen molar-refractivity contribution in [3.05, 3.63) is 0 Å². The summed E-state index contributed by atoms with van der Waals surface area (Å²) < 4.78 is 61.3. The molecule has 0 spiro atoms. The fraction of sp³-hybridized carbons (Fsp3) is 1.00. The first-order valence-electron chi connectivity index (χ1n) is 7.59. The third-order valence-electron chi connectivity index (χ3n) is 2.29. The van der Waals surface area contributed by atoms with E-state index in [1.165, 1.54) is 0 Å². The summed E-state index contributed by atoms with van der Waals surface area (Å²) in [4.78, 5) is 1.16. The number of quaternary nitrogens is 2. The molecule has 0 aromatic rings. The molecule has 0 radical (unpaired) electrons. The zero-order chi connectivity index (χ0) is 19.3. The Bertz CT molecular complexity index is 467. The lowest BCUT2D eigenvalue weighted by Gasteiger charge is -2.23. The molecule has 0 bridgehead atoms. The summed E-state index contributed by atoms with van der Waals surface area (Å²) in [6.07, 6.45) is 0.892. The lowest BCUT2D eigenvalue weighted by Crippen LogP contribution is -3.05. The van der Waals surface area contributed by atoms with Gasteiger partial charge in [-0.1, -0.05) is 13.8 Å². The standard InChI is InChI=1S/C6H15NO3S.C5H13NO3S.C2H6/c1-7(2,3)5-4-6-11(8,9)10;1-6(2)4-3-5-10(7,8)9;1-2/h4-6H2,1-3H3;3-5H2,1-2H3,(H,7,8,9);1-2H3. The van der Waals surface area contributed by atoms with Gasteiger partial charge in [0.25, 0.3) is 0 Å². The Kier molecular flexibility index (Phi) is 15.7. The van der Waals surface area contributed by atoms with E-state index in [-0.39, 0.29) is 11.5 Å². The normalized spacial score (nSPS) is 12.1. The minimum Gasteiger partial charge on any atom is -0.748 e. The maximum Gasteiger partial charge on any atom is 0.0948 e. The van der Waals surface area contributed by atoms with Crippen LogP contribution in [0.5, 0.6) is 0 Å². The second kappa shape index (κ2) is 13.1. The van der Waals surface area contributed by atoms with Crippen molar-refractivity contribution in [3.8, 4) is 0 Å². The molecule has 0 aromatic heterocycles. The van der Waals surface area contributed by atoms with E-state index in [9.17, 15) is 25.9 Å². The molecule has 0 saturated heterocycles. The Balaban J connectivity index is -0.000000315. The van der Waals surface area contributed by atoms with Gasteiger partial charge in [0.1, 0.15) is 0 Å². The lowest BCUT2D eigenvalue weighted by atomic mass is 10.4. The summed E-state index contributed by atoms with van der Waals surface area (Å²) in [5, 5.41) is 0. The number of hydrogen-bond acceptors (Lipinski definition) is 6. The van der Waals surface area contributed by atoms with Crippen LogP contribution < -0.4 is 4.90 Å². The van der Waals surface area contributed by atoms with E-state index >= 15 is 0 Å². The summed E-state index contributed by atoms with van der Waals surface area (Å²) in [5.74, 6) is -0.485. The summed E-state index contributed by atoms with van der Waals surface area (Å²) in [6, 6.07) is 0. The summed E-state index contributed by atoms with van der Waals surface area (Å²) in [7, 11) is 1.71.